The third kappa shape index (κ3) is 4.74. The van der Waals surface area contributed by atoms with Crippen molar-refractivity contribution in [1.29, 1.82) is 0 Å². The van der Waals surface area contributed by atoms with Gasteiger partial charge in [-0.15, -0.1) is 0 Å². The van der Waals surface area contributed by atoms with Gasteiger partial charge in [0.15, 0.2) is 21.5 Å². The van der Waals surface area contributed by atoms with E-state index in [9.17, 15) is 17.6 Å². The van der Waals surface area contributed by atoms with E-state index in [0.717, 1.165) is 6.26 Å². The highest BCUT2D eigenvalue weighted by molar-refractivity contribution is 7.90. The molecule has 2 N–H and O–H groups in total. The third-order valence-corrected chi connectivity index (χ3v) is 6.48. The van der Waals surface area contributed by atoms with Crippen molar-refractivity contribution in [3.05, 3.63) is 89.0 Å². The largest absolute Gasteiger partial charge is 0.381 e. The van der Waals surface area contributed by atoms with Crippen LogP contribution in [-0.2, 0) is 16.4 Å². The number of hydrogen-bond donors (Lipinski definition) is 1. The van der Waals surface area contributed by atoms with E-state index in [0.29, 0.717) is 33.4 Å². The molecule has 0 saturated heterocycles. The first kappa shape index (κ1) is 23.3. The summed E-state index contributed by atoms with van der Waals surface area (Å²) < 4.78 is 38.8. The molecule has 0 bridgehead atoms. The highest BCUT2D eigenvalue weighted by Gasteiger charge is 2.25. The first-order valence-electron chi connectivity index (χ1n) is 10.4. The summed E-state index contributed by atoms with van der Waals surface area (Å²) in [6, 6.07) is 16.1. The van der Waals surface area contributed by atoms with Gasteiger partial charge >= 0.3 is 0 Å². The van der Waals surface area contributed by atoms with Crippen molar-refractivity contribution in [3.63, 3.8) is 0 Å². The number of para-hydroxylation sites is 1. The Morgan fingerprint density at radius 2 is 1.68 bits per heavy atom. The van der Waals surface area contributed by atoms with Crippen molar-refractivity contribution in [3.8, 4) is 0 Å². The van der Waals surface area contributed by atoms with Gasteiger partial charge in [-0.1, -0.05) is 24.3 Å². The van der Waals surface area contributed by atoms with E-state index in [2.05, 4.69) is 9.97 Å². The van der Waals surface area contributed by atoms with Crippen LogP contribution in [0.25, 0.3) is 10.9 Å². The lowest BCUT2D eigenvalue weighted by molar-refractivity contribution is 0.0984. The number of sulfone groups is 1. The molecular formula is C25H23FN4O3S. The minimum atomic E-state index is -3.62. The van der Waals surface area contributed by atoms with Crippen LogP contribution in [0.5, 0.6) is 0 Å². The predicted octanol–water partition coefficient (Wildman–Crippen LogP) is 4.22. The van der Waals surface area contributed by atoms with Crippen molar-refractivity contribution in [2.75, 3.05) is 16.9 Å². The van der Waals surface area contributed by atoms with E-state index in [1.807, 2.05) is 0 Å². The van der Waals surface area contributed by atoms with Crippen LogP contribution < -0.4 is 10.6 Å². The number of nitrogens with two attached hydrogens (primary N) is 1. The number of nitrogens with zero attached hydrogens (tertiary/aromatic N) is 3. The van der Waals surface area contributed by atoms with Gasteiger partial charge < -0.3 is 10.6 Å². The Balaban J connectivity index is 1.86. The number of carbonyl (C=O) groups excluding carboxylic acids is 1. The molecule has 4 rings (SSSR count). The molecule has 0 spiro atoms. The molecular weight excluding hydrogens is 455 g/mol. The van der Waals surface area contributed by atoms with E-state index in [4.69, 9.17) is 5.73 Å². The molecule has 0 aliphatic heterocycles. The van der Waals surface area contributed by atoms with Crippen molar-refractivity contribution in [2.45, 2.75) is 25.3 Å². The molecule has 1 amide bonds. The van der Waals surface area contributed by atoms with Crippen LogP contribution in [0, 0.1) is 19.7 Å². The first-order valence-corrected chi connectivity index (χ1v) is 12.3. The number of hydrogen-bond acceptors (Lipinski definition) is 6. The number of pyridine rings is 2. The Morgan fingerprint density at radius 1 is 1.00 bits per heavy atom. The molecule has 0 saturated carbocycles. The van der Waals surface area contributed by atoms with Gasteiger partial charge in [-0.3, -0.25) is 9.78 Å². The lowest BCUT2D eigenvalue weighted by Crippen LogP contribution is -2.32. The molecule has 4 aromatic rings. The molecule has 34 heavy (non-hydrogen) atoms. The quantitative estimate of drug-likeness (QED) is 0.460. The molecule has 0 radical (unpaired) electrons. The fraction of sp³-hybridized carbons (Fsp3) is 0.160. The van der Waals surface area contributed by atoms with E-state index >= 15 is 0 Å². The fourth-order valence-electron chi connectivity index (χ4n) is 3.86. The topological polar surface area (TPSA) is 106 Å². The fourth-order valence-corrected chi connectivity index (χ4v) is 4.74. The van der Waals surface area contributed by atoms with Crippen molar-refractivity contribution in [2.24, 2.45) is 0 Å². The van der Waals surface area contributed by atoms with Crippen LogP contribution in [0.3, 0.4) is 0 Å². The summed E-state index contributed by atoms with van der Waals surface area (Å²) in [5.74, 6) is -1.21. The number of halogens is 1. The molecule has 0 unspecified atom stereocenters. The average molecular weight is 479 g/mol. The predicted molar refractivity (Wildman–Crippen MR) is 130 cm³/mol. The molecule has 2 aromatic carbocycles. The third-order valence-electron chi connectivity index (χ3n) is 5.33. The minimum Gasteiger partial charge on any atom is -0.381 e. The van der Waals surface area contributed by atoms with Crippen LogP contribution in [0.1, 0.15) is 27.3 Å². The standard InChI is InChI=1S/C25H23FN4O3S/c1-15-10-19(11-16(2)28-15)25(31)30(22-6-4-5-7-23(22)34(3,32)33)14-17-8-9-18-13-20(26)24(27)29-21(18)12-17/h4-13H,14H2,1-3H3,(H2,27,29). The Bertz CT molecular complexity index is 1520. The van der Waals surface area contributed by atoms with Gasteiger partial charge in [-0.05, 0) is 55.8 Å². The van der Waals surface area contributed by atoms with Crippen LogP contribution in [-0.4, -0.2) is 30.5 Å². The summed E-state index contributed by atoms with van der Waals surface area (Å²) in [6.07, 6.45) is 1.10. The summed E-state index contributed by atoms with van der Waals surface area (Å²) in [5.41, 5.74) is 8.76. The highest BCUT2D eigenvalue weighted by atomic mass is 32.2. The summed E-state index contributed by atoms with van der Waals surface area (Å²) >= 11 is 0. The van der Waals surface area contributed by atoms with Gasteiger partial charge in [0.1, 0.15) is 0 Å². The van der Waals surface area contributed by atoms with Crippen LogP contribution in [0.4, 0.5) is 15.9 Å². The molecule has 0 fully saturated rings. The van der Waals surface area contributed by atoms with Gasteiger partial charge in [0, 0.05) is 28.6 Å². The maximum absolute atomic E-state index is 13.8. The monoisotopic (exact) mass is 478 g/mol. The Hall–Kier alpha value is -3.85. The second-order valence-electron chi connectivity index (χ2n) is 8.15. The zero-order valence-corrected chi connectivity index (χ0v) is 19.7. The number of rotatable bonds is 5. The molecule has 0 aliphatic rings. The molecule has 174 valence electrons. The molecule has 0 aliphatic carbocycles. The van der Waals surface area contributed by atoms with Crippen molar-refractivity contribution < 1.29 is 17.6 Å². The summed E-state index contributed by atoms with van der Waals surface area (Å²) in [4.78, 5) is 23.6. The first-order chi connectivity index (χ1) is 16.0. The SMILES string of the molecule is Cc1cc(C(=O)N(Cc2ccc3cc(F)c(N)nc3c2)c2ccccc2S(C)(=O)=O)cc(C)n1. The Morgan fingerprint density at radius 3 is 2.35 bits per heavy atom. The normalized spacial score (nSPS) is 11.5. The van der Waals surface area contributed by atoms with E-state index in [-0.39, 0.29) is 28.9 Å². The van der Waals surface area contributed by atoms with E-state index < -0.39 is 15.7 Å². The van der Waals surface area contributed by atoms with Gasteiger partial charge in [0.25, 0.3) is 5.91 Å². The van der Waals surface area contributed by atoms with Crippen LogP contribution >= 0.6 is 0 Å². The van der Waals surface area contributed by atoms with E-state index in [1.165, 1.54) is 17.0 Å². The average Bonchev–Trinajstić information content (AvgIpc) is 2.76. The zero-order valence-electron chi connectivity index (χ0n) is 18.9. The lowest BCUT2D eigenvalue weighted by atomic mass is 10.1. The second kappa shape index (κ2) is 8.83. The molecule has 2 aromatic heterocycles. The number of anilines is 2. The Labute approximate surface area is 197 Å². The summed E-state index contributed by atoms with van der Waals surface area (Å²) in [5, 5.41) is 0.560. The number of fused-ring (bicyclic) bond motifs is 1. The van der Waals surface area contributed by atoms with Crippen molar-refractivity contribution in [1.82, 2.24) is 9.97 Å². The number of aromatic nitrogens is 2. The minimum absolute atomic E-state index is 0.0380. The molecule has 7 nitrogen and oxygen atoms in total. The zero-order chi connectivity index (χ0) is 24.6. The molecule has 2 heterocycles. The van der Waals surface area contributed by atoms with Gasteiger partial charge in [0.05, 0.1) is 22.6 Å². The number of carbonyl (C=O) groups is 1. The smallest absolute Gasteiger partial charge is 0.258 e. The maximum Gasteiger partial charge on any atom is 0.258 e. The number of aryl methyl sites for hydroxylation is 2. The second-order valence-corrected chi connectivity index (χ2v) is 10.1. The van der Waals surface area contributed by atoms with E-state index in [1.54, 1.807) is 62.4 Å². The number of amides is 1. The highest BCUT2D eigenvalue weighted by Crippen LogP contribution is 2.29. The van der Waals surface area contributed by atoms with Gasteiger partial charge in [0.2, 0.25) is 0 Å². The van der Waals surface area contributed by atoms with Crippen LogP contribution in [0.2, 0.25) is 0 Å². The van der Waals surface area contributed by atoms with Crippen molar-refractivity contribution >= 4 is 38.2 Å². The summed E-state index contributed by atoms with van der Waals surface area (Å²) in [6.45, 7) is 3.63. The van der Waals surface area contributed by atoms with Gasteiger partial charge in [-0.25, -0.2) is 17.8 Å². The van der Waals surface area contributed by atoms with Crippen LogP contribution in [0.15, 0.2) is 65.6 Å². The molecule has 0 atom stereocenters. The summed E-state index contributed by atoms with van der Waals surface area (Å²) in [7, 11) is -3.62. The lowest BCUT2D eigenvalue weighted by Gasteiger charge is -2.25. The molecule has 9 heteroatoms. The number of nitrogen functional groups attached to an aromatic ring is 1. The maximum atomic E-state index is 13.8. The van der Waals surface area contributed by atoms with Gasteiger partial charge in [-0.2, -0.15) is 0 Å². The Kier molecular flexibility index (Phi) is 6.05. The number of benzene rings is 2.